The van der Waals surface area contributed by atoms with E-state index in [4.69, 9.17) is 0 Å². The van der Waals surface area contributed by atoms with Gasteiger partial charge in [0.1, 0.15) is 0 Å². The van der Waals surface area contributed by atoms with Crippen LogP contribution in [0.2, 0.25) is 0 Å². The zero-order valence-corrected chi connectivity index (χ0v) is 18.4. The molecule has 5 rings (SSSR count). The van der Waals surface area contributed by atoms with Gasteiger partial charge >= 0.3 is 0 Å². The molecule has 0 spiro atoms. The highest BCUT2D eigenvalue weighted by Crippen LogP contribution is 2.33. The van der Waals surface area contributed by atoms with Crippen LogP contribution in [0, 0.1) is 0 Å². The van der Waals surface area contributed by atoms with Gasteiger partial charge in [-0.2, -0.15) is 16.5 Å². The summed E-state index contributed by atoms with van der Waals surface area (Å²) in [6, 6.07) is 15.6. The smallest absolute Gasteiger partial charge is 0.279 e. The fourth-order valence-corrected chi connectivity index (χ4v) is 4.83. The van der Waals surface area contributed by atoms with Crippen molar-refractivity contribution in [2.75, 3.05) is 13.1 Å². The van der Waals surface area contributed by atoms with Gasteiger partial charge < -0.3 is 5.11 Å². The summed E-state index contributed by atoms with van der Waals surface area (Å²) in [7, 11) is 0. The zero-order chi connectivity index (χ0) is 21.9. The molecule has 0 unspecified atom stereocenters. The first-order valence-corrected chi connectivity index (χ1v) is 11.8. The molecule has 4 aromatic rings. The Bertz CT molecular complexity index is 1300. The number of nitrogens with one attached hydrogen (secondary N) is 1. The van der Waals surface area contributed by atoms with E-state index < -0.39 is 5.56 Å². The Hall–Kier alpha value is -3.29. The lowest BCUT2D eigenvalue weighted by Gasteiger charge is -2.26. The number of H-pyrrole nitrogens is 1. The molecule has 0 radical (unpaired) electrons. The Morgan fingerprint density at radius 1 is 0.938 bits per heavy atom. The van der Waals surface area contributed by atoms with Crippen molar-refractivity contribution in [3.05, 3.63) is 75.2 Å². The van der Waals surface area contributed by atoms with Crippen molar-refractivity contribution < 1.29 is 5.11 Å². The number of nitrogens with zero attached hydrogens (tertiary/aromatic N) is 3. The number of rotatable bonds is 5. The Balaban J connectivity index is 1.44. The summed E-state index contributed by atoms with van der Waals surface area (Å²) < 4.78 is 0. The third kappa shape index (κ3) is 4.35. The van der Waals surface area contributed by atoms with Crippen LogP contribution in [-0.2, 0) is 6.54 Å². The molecule has 2 N–H and O–H groups in total. The van der Waals surface area contributed by atoms with Gasteiger partial charge in [0.05, 0.1) is 5.69 Å². The van der Waals surface area contributed by atoms with E-state index in [1.54, 1.807) is 17.4 Å². The molecule has 6 nitrogen and oxygen atoms in total. The van der Waals surface area contributed by atoms with Crippen LogP contribution in [0.4, 0.5) is 11.4 Å². The predicted molar refractivity (Wildman–Crippen MR) is 129 cm³/mol. The van der Waals surface area contributed by atoms with Crippen molar-refractivity contribution in [3.63, 3.8) is 0 Å². The second-order valence-corrected chi connectivity index (χ2v) is 8.91. The van der Waals surface area contributed by atoms with Crippen LogP contribution in [0.15, 0.2) is 74.3 Å². The molecule has 0 atom stereocenters. The molecule has 162 valence electrons. The molecule has 1 aliphatic rings. The fraction of sp³-hybridized carbons (Fsp3) is 0.240. The van der Waals surface area contributed by atoms with Gasteiger partial charge in [-0.1, -0.05) is 24.6 Å². The molecule has 3 heterocycles. The normalized spacial score (nSPS) is 15.0. The molecule has 2 aromatic heterocycles. The number of hydrogen-bond acceptors (Lipinski definition) is 6. The second kappa shape index (κ2) is 9.06. The lowest BCUT2D eigenvalue weighted by molar-refractivity contribution is 0.221. The first-order chi connectivity index (χ1) is 15.7. The largest absolute Gasteiger partial charge is 0.494 e. The molecule has 0 amide bonds. The van der Waals surface area contributed by atoms with E-state index in [1.807, 2.05) is 41.1 Å². The number of azo groups is 1. The Morgan fingerprint density at radius 3 is 2.50 bits per heavy atom. The summed E-state index contributed by atoms with van der Waals surface area (Å²) in [6.07, 6.45) is 3.88. The van der Waals surface area contributed by atoms with Crippen LogP contribution >= 0.6 is 11.3 Å². The van der Waals surface area contributed by atoms with E-state index >= 15 is 0 Å². The van der Waals surface area contributed by atoms with E-state index in [0.29, 0.717) is 16.5 Å². The molecule has 32 heavy (non-hydrogen) atoms. The summed E-state index contributed by atoms with van der Waals surface area (Å²) in [5, 5.41) is 24.0. The average molecular weight is 445 g/mol. The van der Waals surface area contributed by atoms with Crippen LogP contribution in [0.3, 0.4) is 0 Å². The number of thiophene rings is 1. The molecule has 0 saturated carbocycles. The maximum Gasteiger partial charge on any atom is 0.279 e. The highest BCUT2D eigenvalue weighted by molar-refractivity contribution is 7.08. The number of pyridine rings is 1. The van der Waals surface area contributed by atoms with Gasteiger partial charge in [-0.05, 0) is 83.7 Å². The van der Waals surface area contributed by atoms with Crippen molar-refractivity contribution in [3.8, 4) is 17.0 Å². The van der Waals surface area contributed by atoms with Gasteiger partial charge in [-0.3, -0.25) is 14.7 Å². The minimum Gasteiger partial charge on any atom is -0.494 e. The minimum absolute atomic E-state index is 0.164. The first kappa shape index (κ1) is 20.6. The zero-order valence-electron chi connectivity index (χ0n) is 17.6. The SMILES string of the molecule is O=c1[nH]c(O)c2ccc(-c3ccsc3)cc2c1N=Nc1ccc(CN2CCCCC2)cc1. The molecular weight excluding hydrogens is 420 g/mol. The summed E-state index contributed by atoms with van der Waals surface area (Å²) in [5.41, 5.74) is 3.67. The van der Waals surface area contributed by atoms with Crippen LogP contribution in [0.5, 0.6) is 5.88 Å². The van der Waals surface area contributed by atoms with Crippen molar-refractivity contribution in [2.24, 2.45) is 10.2 Å². The standard InChI is InChI=1S/C25H24N4O2S/c30-24-21-9-6-18(19-10-13-32-16-19)14-22(21)23(25(31)26-24)28-27-20-7-4-17(5-8-20)15-29-11-2-1-3-12-29/h4-10,13-14,16H,1-3,11-12,15H2,(H2,26,30,31). The summed E-state index contributed by atoms with van der Waals surface area (Å²) in [6.45, 7) is 3.27. The average Bonchev–Trinajstić information content (AvgIpc) is 3.35. The van der Waals surface area contributed by atoms with Crippen LogP contribution in [0.1, 0.15) is 24.8 Å². The van der Waals surface area contributed by atoms with Gasteiger partial charge in [0.15, 0.2) is 11.6 Å². The molecule has 7 heteroatoms. The van der Waals surface area contributed by atoms with E-state index in [0.717, 1.165) is 30.8 Å². The summed E-state index contributed by atoms with van der Waals surface area (Å²) in [4.78, 5) is 17.5. The molecule has 1 fully saturated rings. The van der Waals surface area contributed by atoms with Gasteiger partial charge in [-0.15, -0.1) is 5.11 Å². The van der Waals surface area contributed by atoms with Gasteiger partial charge in [0, 0.05) is 17.3 Å². The van der Waals surface area contributed by atoms with E-state index in [9.17, 15) is 9.90 Å². The maximum atomic E-state index is 12.6. The topological polar surface area (TPSA) is 81.0 Å². The third-order valence-corrected chi connectivity index (χ3v) is 6.57. The number of hydrogen-bond donors (Lipinski definition) is 2. The van der Waals surface area contributed by atoms with Crippen molar-refractivity contribution >= 4 is 33.5 Å². The number of benzene rings is 2. The predicted octanol–water partition coefficient (Wildman–Crippen LogP) is 6.36. The maximum absolute atomic E-state index is 12.6. The summed E-state index contributed by atoms with van der Waals surface area (Å²) in [5.74, 6) is -0.164. The van der Waals surface area contributed by atoms with Crippen molar-refractivity contribution in [1.82, 2.24) is 9.88 Å². The molecule has 0 bridgehead atoms. The van der Waals surface area contributed by atoms with Crippen LogP contribution in [0.25, 0.3) is 21.9 Å². The number of aromatic amines is 1. The summed E-state index contributed by atoms with van der Waals surface area (Å²) >= 11 is 1.61. The lowest BCUT2D eigenvalue weighted by atomic mass is 10.0. The Kier molecular flexibility index (Phi) is 5.83. The van der Waals surface area contributed by atoms with Crippen molar-refractivity contribution in [1.29, 1.82) is 0 Å². The van der Waals surface area contributed by atoms with Crippen LogP contribution in [-0.4, -0.2) is 28.1 Å². The number of aromatic hydroxyl groups is 1. The number of fused-ring (bicyclic) bond motifs is 1. The van der Waals surface area contributed by atoms with Gasteiger partial charge in [-0.25, -0.2) is 0 Å². The first-order valence-electron chi connectivity index (χ1n) is 10.8. The second-order valence-electron chi connectivity index (χ2n) is 8.13. The molecule has 0 aliphatic carbocycles. The quantitative estimate of drug-likeness (QED) is 0.351. The van der Waals surface area contributed by atoms with E-state index in [2.05, 4.69) is 32.2 Å². The van der Waals surface area contributed by atoms with Crippen LogP contribution < -0.4 is 5.56 Å². The monoisotopic (exact) mass is 444 g/mol. The minimum atomic E-state index is -0.470. The van der Waals surface area contributed by atoms with E-state index in [1.165, 1.54) is 24.8 Å². The Labute approximate surface area is 189 Å². The number of aromatic nitrogens is 1. The molecule has 1 saturated heterocycles. The lowest BCUT2D eigenvalue weighted by Crippen LogP contribution is -2.28. The van der Waals surface area contributed by atoms with Gasteiger partial charge in [0.25, 0.3) is 5.56 Å². The molecule has 1 aliphatic heterocycles. The number of likely N-dealkylation sites (tertiary alicyclic amines) is 1. The van der Waals surface area contributed by atoms with E-state index in [-0.39, 0.29) is 11.6 Å². The highest BCUT2D eigenvalue weighted by Gasteiger charge is 2.13. The van der Waals surface area contributed by atoms with Gasteiger partial charge in [0.2, 0.25) is 0 Å². The number of piperidine rings is 1. The third-order valence-electron chi connectivity index (χ3n) is 5.89. The fourth-order valence-electron chi connectivity index (χ4n) is 4.16. The highest BCUT2D eigenvalue weighted by atomic mass is 32.1. The van der Waals surface area contributed by atoms with Crippen molar-refractivity contribution in [2.45, 2.75) is 25.8 Å². The molecular formula is C25H24N4O2S. The Morgan fingerprint density at radius 2 is 1.75 bits per heavy atom. The molecule has 2 aromatic carbocycles.